The number of fused-ring (bicyclic) bond motifs is 1. The van der Waals surface area contributed by atoms with Gasteiger partial charge in [0, 0.05) is 10.9 Å². The van der Waals surface area contributed by atoms with Crippen LogP contribution in [0.15, 0.2) is 12.1 Å². The molecule has 0 bridgehead atoms. The van der Waals surface area contributed by atoms with E-state index >= 15 is 0 Å². The Morgan fingerprint density at radius 3 is 2.37 bits per heavy atom. The summed E-state index contributed by atoms with van der Waals surface area (Å²) in [6.07, 6.45) is -0.889. The molecule has 41 heavy (non-hydrogen) atoms. The standard InChI is InChI=1S/C30H42O11/c1-5-6-7-8-9-15(2)10-11-30(39)21(14-31)41-29(26(35)27(30)36)40-20-13-18(28(37)38)12-19-23(20)25(34)22(17(4)32)16(3)24(19)33/h12-13,15,21,26-27,29,31,33-36,39H,5-11,14H2,1-4H3,(H,37,38)/t15-,21+,26+,27+,29+,30-/m0/s1. The van der Waals surface area contributed by atoms with Crippen molar-refractivity contribution in [3.8, 4) is 17.2 Å². The van der Waals surface area contributed by atoms with Crippen molar-refractivity contribution in [3.05, 3.63) is 28.8 Å². The van der Waals surface area contributed by atoms with Gasteiger partial charge in [-0.1, -0.05) is 46.0 Å². The first-order valence-corrected chi connectivity index (χ1v) is 14.1. The van der Waals surface area contributed by atoms with Gasteiger partial charge < -0.3 is 45.2 Å². The minimum atomic E-state index is -2.00. The summed E-state index contributed by atoms with van der Waals surface area (Å²) in [6.45, 7) is 6.01. The normalized spacial score (nSPS) is 25.3. The van der Waals surface area contributed by atoms with Crippen LogP contribution in [-0.2, 0) is 4.74 Å². The molecule has 0 aliphatic carbocycles. The number of aromatic carboxylic acids is 1. The molecule has 1 saturated heterocycles. The summed E-state index contributed by atoms with van der Waals surface area (Å²) in [5.41, 5.74) is -2.52. The number of ketones is 1. The third-order valence-corrected chi connectivity index (χ3v) is 8.13. The second-order valence-corrected chi connectivity index (χ2v) is 11.2. The number of ether oxygens (including phenoxy) is 2. The van der Waals surface area contributed by atoms with Crippen molar-refractivity contribution in [2.45, 2.75) is 103 Å². The summed E-state index contributed by atoms with van der Waals surface area (Å²) in [4.78, 5) is 24.1. The highest BCUT2D eigenvalue weighted by Gasteiger charge is 2.55. The zero-order chi connectivity index (χ0) is 30.6. The van der Waals surface area contributed by atoms with Gasteiger partial charge >= 0.3 is 5.97 Å². The molecule has 0 radical (unpaired) electrons. The molecule has 11 nitrogen and oxygen atoms in total. The highest BCUT2D eigenvalue weighted by Crippen LogP contribution is 2.46. The highest BCUT2D eigenvalue weighted by molar-refractivity contribution is 6.11. The number of phenolic OH excluding ortho intramolecular Hbond substituents is 2. The fourth-order valence-corrected chi connectivity index (χ4v) is 5.59. The molecule has 0 unspecified atom stereocenters. The first-order valence-electron chi connectivity index (χ1n) is 14.1. The smallest absolute Gasteiger partial charge is 0.335 e. The van der Waals surface area contributed by atoms with Gasteiger partial charge in [0.1, 0.15) is 41.2 Å². The number of Topliss-reactive ketones (excluding diaryl/α,β-unsaturated/α-hetero) is 1. The van der Waals surface area contributed by atoms with Crippen LogP contribution in [0.2, 0.25) is 0 Å². The molecular weight excluding hydrogens is 536 g/mol. The van der Waals surface area contributed by atoms with Gasteiger partial charge in [0.2, 0.25) is 6.29 Å². The van der Waals surface area contributed by atoms with Gasteiger partial charge in [0.05, 0.1) is 23.1 Å². The summed E-state index contributed by atoms with van der Waals surface area (Å²) in [6, 6.07) is 2.11. The van der Waals surface area contributed by atoms with Crippen LogP contribution >= 0.6 is 0 Å². The lowest BCUT2D eigenvalue weighted by Crippen LogP contribution is -2.67. The molecular formula is C30H42O11. The van der Waals surface area contributed by atoms with E-state index in [0.29, 0.717) is 6.42 Å². The number of carbonyl (C=O) groups excluding carboxylic acids is 1. The number of rotatable bonds is 13. The van der Waals surface area contributed by atoms with Crippen LogP contribution in [0.5, 0.6) is 17.2 Å². The Bertz CT molecular complexity index is 1260. The van der Waals surface area contributed by atoms with Crippen LogP contribution in [0.1, 0.15) is 92.0 Å². The van der Waals surface area contributed by atoms with Crippen molar-refractivity contribution in [1.82, 2.24) is 0 Å². The molecule has 6 atom stereocenters. The van der Waals surface area contributed by atoms with Crippen LogP contribution in [-0.4, -0.2) is 84.3 Å². The number of carboxylic acid groups (broad SMARTS) is 1. The first-order chi connectivity index (χ1) is 19.3. The van der Waals surface area contributed by atoms with Crippen molar-refractivity contribution in [2.24, 2.45) is 5.92 Å². The maximum Gasteiger partial charge on any atom is 0.335 e. The van der Waals surface area contributed by atoms with Crippen molar-refractivity contribution in [1.29, 1.82) is 0 Å². The molecule has 2 aromatic carbocycles. The van der Waals surface area contributed by atoms with E-state index in [1.165, 1.54) is 13.8 Å². The van der Waals surface area contributed by atoms with Crippen molar-refractivity contribution in [2.75, 3.05) is 6.61 Å². The molecule has 228 valence electrons. The minimum Gasteiger partial charge on any atom is -0.507 e. The van der Waals surface area contributed by atoms with E-state index < -0.39 is 60.1 Å². The Kier molecular flexibility index (Phi) is 10.6. The Morgan fingerprint density at radius 1 is 1.10 bits per heavy atom. The lowest BCUT2D eigenvalue weighted by atomic mass is 9.78. The van der Waals surface area contributed by atoms with E-state index in [1.807, 2.05) is 6.92 Å². The van der Waals surface area contributed by atoms with Crippen molar-refractivity contribution in [3.63, 3.8) is 0 Å². The van der Waals surface area contributed by atoms with E-state index in [2.05, 4.69) is 6.92 Å². The van der Waals surface area contributed by atoms with Gasteiger partial charge in [-0.15, -0.1) is 0 Å². The average molecular weight is 579 g/mol. The number of aliphatic hydroxyl groups is 4. The van der Waals surface area contributed by atoms with Crippen LogP contribution in [0, 0.1) is 12.8 Å². The zero-order valence-electron chi connectivity index (χ0n) is 24.0. The van der Waals surface area contributed by atoms with Crippen LogP contribution in [0.4, 0.5) is 0 Å². The fraction of sp³-hybridized carbons (Fsp3) is 0.600. The van der Waals surface area contributed by atoms with E-state index in [1.54, 1.807) is 0 Å². The van der Waals surface area contributed by atoms with Crippen LogP contribution < -0.4 is 4.74 Å². The zero-order valence-corrected chi connectivity index (χ0v) is 24.0. The summed E-state index contributed by atoms with van der Waals surface area (Å²) in [7, 11) is 0. The SMILES string of the molecule is CCCCCC[C@H](C)CC[C@@]1(O)[C@H](O)[C@@H](O)[C@H](Oc2cc(C(=O)O)cc3c(O)c(C)c(C(C)=O)c(O)c23)O[C@@H]1CO. The molecule has 11 heteroatoms. The molecule has 0 spiro atoms. The van der Waals surface area contributed by atoms with E-state index in [0.717, 1.165) is 44.2 Å². The molecule has 3 rings (SSSR count). The van der Waals surface area contributed by atoms with E-state index in [-0.39, 0.29) is 45.6 Å². The Balaban J connectivity index is 1.95. The first kappa shape index (κ1) is 32.6. The minimum absolute atomic E-state index is 0.0327. The molecule has 0 aromatic heterocycles. The Morgan fingerprint density at radius 2 is 1.78 bits per heavy atom. The number of aliphatic hydroxyl groups excluding tert-OH is 3. The number of carboxylic acids is 1. The van der Waals surface area contributed by atoms with Crippen molar-refractivity contribution >= 4 is 22.5 Å². The number of benzene rings is 2. The molecule has 1 aliphatic rings. The van der Waals surface area contributed by atoms with Gasteiger partial charge in [0.15, 0.2) is 5.78 Å². The van der Waals surface area contributed by atoms with Gasteiger partial charge in [-0.3, -0.25) is 4.79 Å². The third-order valence-electron chi connectivity index (χ3n) is 8.13. The molecule has 1 heterocycles. The fourth-order valence-electron chi connectivity index (χ4n) is 5.59. The highest BCUT2D eigenvalue weighted by atomic mass is 16.7. The molecule has 2 aromatic rings. The van der Waals surface area contributed by atoms with E-state index in [9.17, 15) is 45.3 Å². The van der Waals surface area contributed by atoms with Crippen LogP contribution in [0.25, 0.3) is 10.8 Å². The number of unbranched alkanes of at least 4 members (excludes halogenated alkanes) is 3. The number of phenols is 2. The molecule has 0 saturated carbocycles. The lowest BCUT2D eigenvalue weighted by Gasteiger charge is -2.48. The monoisotopic (exact) mass is 578 g/mol. The Labute approximate surface area is 239 Å². The van der Waals surface area contributed by atoms with Gasteiger partial charge in [-0.05, 0) is 44.7 Å². The number of hydrogen-bond donors (Lipinski definition) is 7. The quantitative estimate of drug-likeness (QED) is 0.105. The van der Waals surface area contributed by atoms with Gasteiger partial charge in [-0.2, -0.15) is 0 Å². The summed E-state index contributed by atoms with van der Waals surface area (Å²) in [5.74, 6) is -3.14. The molecule has 0 amide bonds. The second kappa shape index (κ2) is 13.3. The number of hydrogen-bond acceptors (Lipinski definition) is 10. The largest absolute Gasteiger partial charge is 0.507 e. The number of carbonyl (C=O) groups is 2. The summed E-state index contributed by atoms with van der Waals surface area (Å²) in [5, 5.41) is 74.4. The molecule has 7 N–H and O–H groups in total. The second-order valence-electron chi connectivity index (χ2n) is 11.2. The van der Waals surface area contributed by atoms with Crippen molar-refractivity contribution < 1.29 is 54.8 Å². The Hall–Kier alpha value is -2.96. The molecule has 1 fully saturated rings. The summed E-state index contributed by atoms with van der Waals surface area (Å²) >= 11 is 0. The maximum absolute atomic E-state index is 12.2. The topological polar surface area (TPSA) is 194 Å². The molecule has 1 aliphatic heterocycles. The third kappa shape index (κ3) is 6.60. The predicted molar refractivity (Wildman–Crippen MR) is 149 cm³/mol. The van der Waals surface area contributed by atoms with Gasteiger partial charge in [0.25, 0.3) is 0 Å². The predicted octanol–water partition coefficient (Wildman–Crippen LogP) is 3.40. The average Bonchev–Trinajstić information content (AvgIpc) is 2.92. The number of aromatic hydroxyl groups is 2. The lowest BCUT2D eigenvalue weighted by molar-refractivity contribution is -0.315. The maximum atomic E-state index is 12.2. The van der Waals surface area contributed by atoms with Crippen LogP contribution in [0.3, 0.4) is 0 Å². The van der Waals surface area contributed by atoms with Gasteiger partial charge in [-0.25, -0.2) is 4.79 Å². The summed E-state index contributed by atoms with van der Waals surface area (Å²) < 4.78 is 11.5. The van der Waals surface area contributed by atoms with E-state index in [4.69, 9.17) is 9.47 Å².